The number of aromatic nitrogens is 1. The van der Waals surface area contributed by atoms with Gasteiger partial charge in [0.05, 0.1) is 18.4 Å². The lowest BCUT2D eigenvalue weighted by molar-refractivity contribution is 0.0948. The largest absolute Gasteiger partial charge is 0.495 e. The molecule has 1 aliphatic rings. The molecular formula is C21H28N4O2S. The van der Waals surface area contributed by atoms with Crippen LogP contribution >= 0.6 is 11.8 Å². The molecule has 1 N–H and O–H groups in total. The zero-order valence-corrected chi connectivity index (χ0v) is 17.4. The van der Waals surface area contributed by atoms with Gasteiger partial charge >= 0.3 is 0 Å². The number of ether oxygens (including phenoxy) is 1. The van der Waals surface area contributed by atoms with Crippen LogP contribution in [0.15, 0.2) is 47.6 Å². The number of pyridine rings is 1. The molecule has 0 radical (unpaired) electrons. The molecule has 2 aromatic rings. The molecule has 0 saturated carbocycles. The average molecular weight is 401 g/mol. The molecule has 7 heteroatoms. The molecule has 1 saturated heterocycles. The minimum Gasteiger partial charge on any atom is -0.495 e. The molecule has 0 atom stereocenters. The summed E-state index contributed by atoms with van der Waals surface area (Å²) in [5.41, 5.74) is 1.82. The van der Waals surface area contributed by atoms with Crippen LogP contribution in [0.1, 0.15) is 16.8 Å². The number of para-hydroxylation sites is 2. The molecule has 1 aromatic heterocycles. The average Bonchev–Trinajstić information content (AvgIpc) is 2.77. The minimum atomic E-state index is -0.0431. The lowest BCUT2D eigenvalue weighted by atomic mass is 10.2. The first-order valence-electron chi connectivity index (χ1n) is 9.60. The highest BCUT2D eigenvalue weighted by Gasteiger charge is 2.19. The number of carbonyl (C=O) groups is 1. The van der Waals surface area contributed by atoms with Crippen molar-refractivity contribution >= 4 is 23.4 Å². The number of amides is 1. The van der Waals surface area contributed by atoms with Crippen molar-refractivity contribution in [3.05, 3.63) is 48.2 Å². The van der Waals surface area contributed by atoms with Crippen molar-refractivity contribution in [1.29, 1.82) is 0 Å². The Bertz CT molecular complexity index is 779. The molecule has 3 rings (SSSR count). The van der Waals surface area contributed by atoms with E-state index in [4.69, 9.17) is 4.74 Å². The third-order valence-corrected chi connectivity index (χ3v) is 5.66. The molecule has 0 unspecified atom stereocenters. The number of rotatable bonds is 8. The van der Waals surface area contributed by atoms with Crippen LogP contribution in [0.3, 0.4) is 0 Å². The topological polar surface area (TPSA) is 57.7 Å². The van der Waals surface area contributed by atoms with E-state index in [2.05, 4.69) is 32.2 Å². The fourth-order valence-corrected chi connectivity index (χ4v) is 3.98. The van der Waals surface area contributed by atoms with Crippen LogP contribution in [0, 0.1) is 0 Å². The van der Waals surface area contributed by atoms with E-state index < -0.39 is 0 Å². The van der Waals surface area contributed by atoms with Gasteiger partial charge in [0.1, 0.15) is 10.8 Å². The van der Waals surface area contributed by atoms with Gasteiger partial charge in [0.2, 0.25) is 0 Å². The summed E-state index contributed by atoms with van der Waals surface area (Å²) in [7, 11) is 1.72. The third kappa shape index (κ3) is 5.17. The number of hydrogen-bond donors (Lipinski definition) is 1. The van der Waals surface area contributed by atoms with Gasteiger partial charge in [0.25, 0.3) is 5.91 Å². The van der Waals surface area contributed by atoms with Gasteiger partial charge in [0.15, 0.2) is 0 Å². The Morgan fingerprint density at radius 1 is 1.18 bits per heavy atom. The number of piperazine rings is 1. The van der Waals surface area contributed by atoms with Gasteiger partial charge in [-0.3, -0.25) is 9.69 Å². The fourth-order valence-electron chi connectivity index (χ4n) is 3.43. The molecule has 0 bridgehead atoms. The number of hydrogen-bond acceptors (Lipinski definition) is 6. The molecule has 6 nitrogen and oxygen atoms in total. The Morgan fingerprint density at radius 3 is 2.71 bits per heavy atom. The second-order valence-electron chi connectivity index (χ2n) is 6.67. The lowest BCUT2D eigenvalue weighted by Crippen LogP contribution is -2.47. The maximum Gasteiger partial charge on any atom is 0.254 e. The number of nitrogens with zero attached hydrogens (tertiary/aromatic N) is 3. The van der Waals surface area contributed by atoms with E-state index in [1.54, 1.807) is 19.4 Å². The van der Waals surface area contributed by atoms with Crippen LogP contribution in [-0.2, 0) is 0 Å². The van der Waals surface area contributed by atoms with Gasteiger partial charge in [-0.1, -0.05) is 12.1 Å². The van der Waals surface area contributed by atoms with Crippen LogP contribution in [0.2, 0.25) is 0 Å². The van der Waals surface area contributed by atoms with E-state index >= 15 is 0 Å². The first-order chi connectivity index (χ1) is 13.7. The predicted octanol–water partition coefficient (Wildman–Crippen LogP) is 2.75. The van der Waals surface area contributed by atoms with E-state index in [0.29, 0.717) is 12.1 Å². The molecule has 1 aromatic carbocycles. The van der Waals surface area contributed by atoms with Crippen molar-refractivity contribution in [3.8, 4) is 5.75 Å². The van der Waals surface area contributed by atoms with E-state index in [1.165, 1.54) is 11.8 Å². The second-order valence-corrected chi connectivity index (χ2v) is 7.47. The van der Waals surface area contributed by atoms with Crippen LogP contribution in [0.5, 0.6) is 5.75 Å². The van der Waals surface area contributed by atoms with E-state index in [-0.39, 0.29) is 5.91 Å². The second kappa shape index (κ2) is 10.3. The Labute approximate surface area is 171 Å². The van der Waals surface area contributed by atoms with Crippen molar-refractivity contribution in [2.75, 3.05) is 57.5 Å². The zero-order chi connectivity index (χ0) is 19.8. The summed E-state index contributed by atoms with van der Waals surface area (Å²) < 4.78 is 5.48. The van der Waals surface area contributed by atoms with Gasteiger partial charge in [-0.15, -0.1) is 11.8 Å². The summed E-state index contributed by atoms with van der Waals surface area (Å²) >= 11 is 1.49. The Morgan fingerprint density at radius 2 is 1.96 bits per heavy atom. The van der Waals surface area contributed by atoms with Crippen LogP contribution in [0.4, 0.5) is 5.69 Å². The van der Waals surface area contributed by atoms with Gasteiger partial charge in [0, 0.05) is 38.9 Å². The predicted molar refractivity (Wildman–Crippen MR) is 115 cm³/mol. The molecule has 0 aliphatic carbocycles. The van der Waals surface area contributed by atoms with Crippen molar-refractivity contribution in [2.24, 2.45) is 0 Å². The smallest absolute Gasteiger partial charge is 0.254 e. The third-order valence-electron chi connectivity index (χ3n) is 4.94. The Balaban J connectivity index is 1.39. The van der Waals surface area contributed by atoms with E-state index in [0.717, 1.165) is 55.6 Å². The van der Waals surface area contributed by atoms with Gasteiger partial charge < -0.3 is 15.0 Å². The number of thioether (sulfide) groups is 1. The molecule has 150 valence electrons. The molecule has 1 fully saturated rings. The summed E-state index contributed by atoms with van der Waals surface area (Å²) in [6.45, 7) is 5.67. The molecule has 0 spiro atoms. The summed E-state index contributed by atoms with van der Waals surface area (Å²) in [4.78, 5) is 21.4. The fraction of sp³-hybridized carbons (Fsp3) is 0.429. The first-order valence-corrected chi connectivity index (χ1v) is 10.8. The van der Waals surface area contributed by atoms with Crippen molar-refractivity contribution in [3.63, 3.8) is 0 Å². The molecule has 28 heavy (non-hydrogen) atoms. The van der Waals surface area contributed by atoms with E-state index in [1.807, 2.05) is 24.5 Å². The SMILES string of the molecule is COc1ccccc1N1CCN(CCCNC(=O)c2cccnc2SC)CC1. The number of anilines is 1. The van der Waals surface area contributed by atoms with Crippen LogP contribution < -0.4 is 15.0 Å². The first kappa shape index (κ1) is 20.5. The van der Waals surface area contributed by atoms with Crippen molar-refractivity contribution in [1.82, 2.24) is 15.2 Å². The maximum absolute atomic E-state index is 12.3. The molecule has 2 heterocycles. The molecule has 1 aliphatic heterocycles. The highest BCUT2D eigenvalue weighted by atomic mass is 32.2. The highest BCUT2D eigenvalue weighted by molar-refractivity contribution is 7.98. The highest BCUT2D eigenvalue weighted by Crippen LogP contribution is 2.28. The number of benzene rings is 1. The standard InChI is InChI=1S/C21H28N4O2S/c1-27-19-9-4-3-8-18(19)25-15-13-24(14-16-25)12-6-11-22-20(26)17-7-5-10-23-21(17)28-2/h3-5,7-10H,6,11-16H2,1-2H3,(H,22,26). The van der Waals surface area contributed by atoms with Crippen LogP contribution in [-0.4, -0.2) is 68.4 Å². The molecular weight excluding hydrogens is 372 g/mol. The maximum atomic E-state index is 12.3. The number of methoxy groups -OCH3 is 1. The van der Waals surface area contributed by atoms with Gasteiger partial charge in [-0.2, -0.15) is 0 Å². The van der Waals surface area contributed by atoms with Crippen molar-refractivity contribution in [2.45, 2.75) is 11.4 Å². The summed E-state index contributed by atoms with van der Waals surface area (Å²) in [5.74, 6) is 0.886. The van der Waals surface area contributed by atoms with Crippen LogP contribution in [0.25, 0.3) is 0 Å². The quantitative estimate of drug-likeness (QED) is 0.543. The summed E-state index contributed by atoms with van der Waals surface area (Å²) in [5, 5.41) is 3.79. The monoisotopic (exact) mass is 400 g/mol. The molecule has 1 amide bonds. The normalized spacial score (nSPS) is 14.7. The van der Waals surface area contributed by atoms with E-state index in [9.17, 15) is 4.79 Å². The zero-order valence-electron chi connectivity index (χ0n) is 16.6. The van der Waals surface area contributed by atoms with Gasteiger partial charge in [-0.05, 0) is 43.5 Å². The number of carbonyl (C=O) groups excluding carboxylic acids is 1. The summed E-state index contributed by atoms with van der Waals surface area (Å²) in [6.07, 6.45) is 4.59. The summed E-state index contributed by atoms with van der Waals surface area (Å²) in [6, 6.07) is 11.8. The van der Waals surface area contributed by atoms with Crippen molar-refractivity contribution < 1.29 is 9.53 Å². The Kier molecular flexibility index (Phi) is 7.56. The van der Waals surface area contributed by atoms with Gasteiger partial charge in [-0.25, -0.2) is 4.98 Å². The Hall–Kier alpha value is -2.25. The number of nitrogens with one attached hydrogen (secondary N) is 1. The minimum absolute atomic E-state index is 0.0431. The lowest BCUT2D eigenvalue weighted by Gasteiger charge is -2.36.